The van der Waals surface area contributed by atoms with Gasteiger partial charge in [0.25, 0.3) is 0 Å². The average molecular weight is 745 g/mol. The van der Waals surface area contributed by atoms with Crippen LogP contribution in [0.15, 0.2) is 122 Å². The van der Waals surface area contributed by atoms with Gasteiger partial charge in [-0.3, -0.25) is 9.97 Å². The highest BCUT2D eigenvalue weighted by Crippen LogP contribution is 2.78. The van der Waals surface area contributed by atoms with Crippen molar-refractivity contribution in [1.82, 2.24) is 9.97 Å². The van der Waals surface area contributed by atoms with E-state index in [1.807, 2.05) is 12.4 Å². The van der Waals surface area contributed by atoms with Gasteiger partial charge in [0.05, 0.1) is 0 Å². The van der Waals surface area contributed by atoms with Gasteiger partial charge >= 0.3 is 0 Å². The summed E-state index contributed by atoms with van der Waals surface area (Å²) in [4.78, 5) is 9.42. The Hall–Kier alpha value is -3.18. The van der Waals surface area contributed by atoms with E-state index in [-0.39, 0.29) is 5.16 Å². The molecule has 2 nitrogen and oxygen atoms in total. The Morgan fingerprint density at radius 2 is 0.944 bits per heavy atom. The maximum Gasteiger partial charge on any atom is 0.0348 e. The van der Waals surface area contributed by atoms with Crippen molar-refractivity contribution in [2.24, 2.45) is 46.3 Å². The Bertz CT molecular complexity index is 1980. The van der Waals surface area contributed by atoms with Crippen LogP contribution in [0.5, 0.6) is 0 Å². The lowest BCUT2D eigenvalue weighted by molar-refractivity contribution is -0.158. The summed E-state index contributed by atoms with van der Waals surface area (Å²) in [5, 5.41) is 2.72. The molecule has 3 aromatic carbocycles. The smallest absolute Gasteiger partial charge is 0.0348 e. The molecule has 1 atom stereocenters. The highest BCUT2D eigenvalue weighted by atomic mass is 31.1. The third-order valence-electron chi connectivity index (χ3n) is 15.8. The number of benzene rings is 3. The van der Waals surface area contributed by atoms with E-state index in [0.29, 0.717) is 10.8 Å². The van der Waals surface area contributed by atoms with Crippen LogP contribution in [0.2, 0.25) is 0 Å². The Balaban J connectivity index is 1.20. The molecule has 8 fully saturated rings. The minimum absolute atomic E-state index is 0.0327. The van der Waals surface area contributed by atoms with Gasteiger partial charge in [0.15, 0.2) is 0 Å². The van der Waals surface area contributed by atoms with E-state index >= 15 is 0 Å². The van der Waals surface area contributed by atoms with E-state index < -0.39 is 7.92 Å². The molecule has 0 N–H and O–H groups in total. The molecule has 0 saturated heterocycles. The van der Waals surface area contributed by atoms with E-state index in [4.69, 9.17) is 9.97 Å². The molecular formula is C50H54N2P2. The number of hydrogen-bond donors (Lipinski definition) is 0. The molecule has 0 aliphatic heterocycles. The van der Waals surface area contributed by atoms with Crippen LogP contribution in [0, 0.1) is 46.3 Å². The summed E-state index contributed by atoms with van der Waals surface area (Å²) in [6.07, 6.45) is 26.7. The lowest BCUT2D eigenvalue weighted by Gasteiger charge is -2.72. The number of pyridine rings is 2. The van der Waals surface area contributed by atoms with Crippen LogP contribution in [-0.4, -0.2) is 9.97 Å². The third kappa shape index (κ3) is 5.47. The van der Waals surface area contributed by atoms with Crippen molar-refractivity contribution in [2.75, 3.05) is 0 Å². The van der Waals surface area contributed by atoms with Crippen LogP contribution >= 0.6 is 17.2 Å². The summed E-state index contributed by atoms with van der Waals surface area (Å²) in [6.45, 7) is 0. The fraction of sp³-hybridized carbons (Fsp3) is 0.440. The quantitative estimate of drug-likeness (QED) is 0.140. The number of aromatic nitrogens is 2. The predicted octanol–water partition coefficient (Wildman–Crippen LogP) is 11.9. The largest absolute Gasteiger partial charge is 0.264 e. The molecular weight excluding hydrogens is 691 g/mol. The van der Waals surface area contributed by atoms with Crippen molar-refractivity contribution < 1.29 is 0 Å². The standard InChI is InChI=1S/C50H54N2P2/c53-50(48-25-34-17-35(26-48)19-36(18-34)27-48,49-28-37-20-38(29-49)22-39(21-37)30-49)47-24-46(41-11-5-2-6-12-41)45(40-9-3-1-4-10-40)23-42(47)33-54(43-13-7-15-51-31-43)44-14-8-16-52-32-44/h1-16,23-24,31-32,34-39H,17-22,25-30,33,53H2. The lowest BCUT2D eigenvalue weighted by atomic mass is 9.37. The van der Waals surface area contributed by atoms with Crippen molar-refractivity contribution in [2.45, 2.75) is 88.4 Å². The first-order valence-electron chi connectivity index (χ1n) is 21.1. The minimum Gasteiger partial charge on any atom is -0.264 e. The van der Waals surface area contributed by atoms with Crippen molar-refractivity contribution in [3.8, 4) is 22.3 Å². The second-order valence-corrected chi connectivity index (χ2v) is 22.1. The molecule has 0 spiro atoms. The first kappa shape index (κ1) is 34.1. The molecule has 54 heavy (non-hydrogen) atoms. The van der Waals surface area contributed by atoms with Crippen LogP contribution in [0.25, 0.3) is 22.3 Å². The molecule has 2 heterocycles. The third-order valence-corrected chi connectivity index (χ3v) is 19.8. The summed E-state index contributed by atoms with van der Waals surface area (Å²) >= 11 is 0. The fourth-order valence-corrected chi connectivity index (χ4v) is 17.9. The predicted molar refractivity (Wildman–Crippen MR) is 228 cm³/mol. The zero-order valence-electron chi connectivity index (χ0n) is 31.6. The van der Waals surface area contributed by atoms with Crippen molar-refractivity contribution in [3.05, 3.63) is 133 Å². The SMILES string of the molecule is PC(c1cc(-c2ccccc2)c(-c2ccccc2)cc1CP(c1cccnc1)c1cccnc1)(C12CC3CC(CC(C3)C1)C2)C12CC3CC(CC(C3)C1)C2. The van der Waals surface area contributed by atoms with Gasteiger partial charge in [-0.25, -0.2) is 0 Å². The molecule has 4 heteroatoms. The molecule has 8 aliphatic rings. The van der Waals surface area contributed by atoms with Crippen LogP contribution in [0.3, 0.4) is 0 Å². The van der Waals surface area contributed by atoms with E-state index in [9.17, 15) is 0 Å². The summed E-state index contributed by atoms with van der Waals surface area (Å²) in [7, 11) is 3.19. The van der Waals surface area contributed by atoms with E-state index in [1.165, 1.54) is 110 Å². The number of rotatable bonds is 9. The average Bonchev–Trinajstić information content (AvgIpc) is 3.19. The molecule has 2 aromatic heterocycles. The Morgan fingerprint density at radius 1 is 0.537 bits per heavy atom. The summed E-state index contributed by atoms with van der Waals surface area (Å²) < 4.78 is 0. The van der Waals surface area contributed by atoms with E-state index in [2.05, 4.69) is 119 Å². The molecule has 0 radical (unpaired) electrons. The second kappa shape index (κ2) is 13.2. The van der Waals surface area contributed by atoms with Crippen molar-refractivity contribution in [3.63, 3.8) is 0 Å². The van der Waals surface area contributed by atoms with Gasteiger partial charge < -0.3 is 0 Å². The molecule has 1 unspecified atom stereocenters. The first-order chi connectivity index (χ1) is 26.5. The monoisotopic (exact) mass is 744 g/mol. The molecule has 8 aliphatic carbocycles. The molecule has 8 saturated carbocycles. The second-order valence-electron chi connectivity index (χ2n) is 19.0. The zero-order valence-corrected chi connectivity index (χ0v) is 33.7. The molecule has 13 rings (SSSR count). The summed E-state index contributed by atoms with van der Waals surface area (Å²) in [5.41, 5.74) is 9.37. The molecule has 5 aromatic rings. The highest BCUT2D eigenvalue weighted by Gasteiger charge is 2.69. The van der Waals surface area contributed by atoms with Gasteiger partial charge in [-0.2, -0.15) is 0 Å². The van der Waals surface area contributed by atoms with Crippen molar-refractivity contribution >= 4 is 27.8 Å². The van der Waals surface area contributed by atoms with Crippen LogP contribution < -0.4 is 10.6 Å². The highest BCUT2D eigenvalue weighted by molar-refractivity contribution is 7.72. The first-order valence-corrected chi connectivity index (χ1v) is 23.2. The van der Waals surface area contributed by atoms with E-state index in [1.54, 1.807) is 11.1 Å². The van der Waals surface area contributed by atoms with Crippen LogP contribution in [0.1, 0.15) is 88.2 Å². The van der Waals surface area contributed by atoms with Crippen LogP contribution in [-0.2, 0) is 11.3 Å². The zero-order chi connectivity index (χ0) is 35.9. The Labute approximate surface area is 326 Å². The molecule has 8 bridgehead atoms. The molecule has 0 amide bonds. The Morgan fingerprint density at radius 3 is 1.33 bits per heavy atom. The Kier molecular flexibility index (Phi) is 8.34. The number of nitrogens with zero attached hydrogens (tertiary/aromatic N) is 2. The maximum absolute atomic E-state index is 4.71. The van der Waals surface area contributed by atoms with Gasteiger partial charge in [-0.15, -0.1) is 9.24 Å². The van der Waals surface area contributed by atoms with Gasteiger partial charge in [0.1, 0.15) is 0 Å². The van der Waals surface area contributed by atoms with Gasteiger partial charge in [0.2, 0.25) is 0 Å². The summed E-state index contributed by atoms with van der Waals surface area (Å²) in [5.74, 6) is 5.46. The number of hydrogen-bond acceptors (Lipinski definition) is 2. The molecule has 274 valence electrons. The maximum atomic E-state index is 4.71. The van der Waals surface area contributed by atoms with Gasteiger partial charge in [-0.05, 0) is 200 Å². The lowest BCUT2D eigenvalue weighted by Crippen LogP contribution is -2.64. The topological polar surface area (TPSA) is 25.8 Å². The van der Waals surface area contributed by atoms with Crippen molar-refractivity contribution in [1.29, 1.82) is 0 Å². The summed E-state index contributed by atoms with van der Waals surface area (Å²) in [6, 6.07) is 37.1. The fourth-order valence-electron chi connectivity index (χ4n) is 14.7. The van der Waals surface area contributed by atoms with Gasteiger partial charge in [0, 0.05) is 36.1 Å². The van der Waals surface area contributed by atoms with E-state index in [0.717, 1.165) is 41.7 Å². The normalized spacial score (nSPS) is 32.9. The minimum atomic E-state index is -0.736. The van der Waals surface area contributed by atoms with Gasteiger partial charge in [-0.1, -0.05) is 72.8 Å². The van der Waals surface area contributed by atoms with Crippen LogP contribution in [0.4, 0.5) is 0 Å².